The van der Waals surface area contributed by atoms with Crippen molar-refractivity contribution in [2.24, 2.45) is 0 Å². The molecule has 5 nitrogen and oxygen atoms in total. The lowest BCUT2D eigenvalue weighted by molar-refractivity contribution is -0.960. The van der Waals surface area contributed by atoms with Gasteiger partial charge in [-0.05, 0) is 43.9 Å². The maximum absolute atomic E-state index is 12.6. The van der Waals surface area contributed by atoms with Crippen LogP contribution in [-0.2, 0) is 6.42 Å². The molecule has 0 aromatic heterocycles. The van der Waals surface area contributed by atoms with Crippen LogP contribution in [0.1, 0.15) is 54.9 Å². The highest BCUT2D eigenvalue weighted by atomic mass is 16.2. The number of carbonyl (C=O) groups is 2. The quantitative estimate of drug-likeness (QED) is 0.645. The first-order chi connectivity index (χ1) is 14.6. The number of nitrogens with one attached hydrogen (secondary N) is 3. The van der Waals surface area contributed by atoms with Crippen molar-refractivity contribution in [3.63, 3.8) is 0 Å². The van der Waals surface area contributed by atoms with Gasteiger partial charge < -0.3 is 15.5 Å². The molecule has 2 aromatic rings. The second-order valence-corrected chi connectivity index (χ2v) is 8.79. The summed E-state index contributed by atoms with van der Waals surface area (Å²) >= 11 is 0. The molecule has 2 unspecified atom stereocenters. The summed E-state index contributed by atoms with van der Waals surface area (Å²) in [6.45, 7) is 2.71. The first kappa shape index (κ1) is 20.6. The molecule has 4 atom stereocenters. The monoisotopic (exact) mass is 406 g/mol. The number of hydrogen-bond donors (Lipinski definition) is 3. The van der Waals surface area contributed by atoms with Gasteiger partial charge in [0, 0.05) is 36.6 Å². The number of fused-ring (bicyclic) bond motifs is 2. The average Bonchev–Trinajstić information content (AvgIpc) is 2.73. The third kappa shape index (κ3) is 5.08. The van der Waals surface area contributed by atoms with E-state index in [0.29, 0.717) is 23.3 Å². The Labute approximate surface area is 178 Å². The van der Waals surface area contributed by atoms with Gasteiger partial charge >= 0.3 is 6.03 Å². The number of urea groups is 1. The van der Waals surface area contributed by atoms with E-state index in [0.717, 1.165) is 19.3 Å². The van der Waals surface area contributed by atoms with Crippen LogP contribution in [0.2, 0.25) is 0 Å². The Hall–Kier alpha value is -2.66. The van der Waals surface area contributed by atoms with Crippen molar-refractivity contribution in [1.82, 2.24) is 5.32 Å². The van der Waals surface area contributed by atoms with Gasteiger partial charge in [0.15, 0.2) is 5.78 Å². The summed E-state index contributed by atoms with van der Waals surface area (Å²) in [4.78, 5) is 25.8. The van der Waals surface area contributed by atoms with Gasteiger partial charge in [-0.1, -0.05) is 42.5 Å². The summed E-state index contributed by atoms with van der Waals surface area (Å²) in [6.07, 6.45) is 7.01. The molecule has 2 aliphatic rings. The minimum Gasteiger partial charge on any atom is -0.335 e. The van der Waals surface area contributed by atoms with Gasteiger partial charge in [0.1, 0.15) is 0 Å². The number of Topliss-reactive ketones (excluding diaryl/α,β-unsaturated/α-hetero) is 1. The van der Waals surface area contributed by atoms with Gasteiger partial charge in [0.05, 0.1) is 18.6 Å². The van der Waals surface area contributed by atoms with Gasteiger partial charge in [-0.3, -0.25) is 4.79 Å². The zero-order valence-corrected chi connectivity index (χ0v) is 17.7. The zero-order chi connectivity index (χ0) is 20.9. The summed E-state index contributed by atoms with van der Waals surface area (Å²) in [5.41, 5.74) is 2.68. The number of benzene rings is 2. The normalized spacial score (nSPS) is 25.4. The highest BCUT2D eigenvalue weighted by molar-refractivity contribution is 5.96. The van der Waals surface area contributed by atoms with Crippen molar-refractivity contribution in [2.75, 3.05) is 11.9 Å². The number of hydrogen-bond acceptors (Lipinski definition) is 2. The van der Waals surface area contributed by atoms with E-state index < -0.39 is 0 Å². The van der Waals surface area contributed by atoms with Crippen LogP contribution in [0.15, 0.2) is 54.6 Å². The Morgan fingerprint density at radius 2 is 1.73 bits per heavy atom. The fourth-order valence-corrected chi connectivity index (χ4v) is 5.26. The Bertz CT molecular complexity index is 869. The van der Waals surface area contributed by atoms with Crippen LogP contribution in [0.4, 0.5) is 10.5 Å². The summed E-state index contributed by atoms with van der Waals surface area (Å²) in [5, 5.41) is 6.09. The Morgan fingerprint density at radius 1 is 1.00 bits per heavy atom. The van der Waals surface area contributed by atoms with Gasteiger partial charge in [-0.2, -0.15) is 0 Å². The number of amides is 2. The van der Waals surface area contributed by atoms with Gasteiger partial charge in [0.2, 0.25) is 0 Å². The molecular weight excluding hydrogens is 374 g/mol. The van der Waals surface area contributed by atoms with E-state index in [4.69, 9.17) is 0 Å². The van der Waals surface area contributed by atoms with Crippen molar-refractivity contribution in [3.8, 4) is 0 Å². The first-order valence-corrected chi connectivity index (χ1v) is 11.2. The molecule has 2 heterocycles. The Balaban J connectivity index is 1.32. The molecule has 0 saturated carbocycles. The number of piperidine rings is 2. The lowest BCUT2D eigenvalue weighted by Gasteiger charge is -2.46. The van der Waals surface area contributed by atoms with Crippen molar-refractivity contribution in [2.45, 2.75) is 63.6 Å². The molecule has 2 bridgehead atoms. The molecule has 158 valence electrons. The van der Waals surface area contributed by atoms with Crippen LogP contribution in [0.3, 0.4) is 0 Å². The molecule has 2 aliphatic heterocycles. The van der Waals surface area contributed by atoms with Gasteiger partial charge in [0.25, 0.3) is 0 Å². The molecule has 2 saturated heterocycles. The standard InChI is InChI=1S/C25H31N3O2/c1-18(29)20-9-5-10-21(15-20)26-25(30)27-22-16-23-11-6-12-24(17-22)28(23)14-13-19-7-3-2-4-8-19/h2-5,7-10,15,22-24H,6,11-14,16-17H2,1H3,(H2,26,27,30)/p+1/t22?,23-,24+. The lowest BCUT2D eigenvalue weighted by atomic mass is 9.81. The largest absolute Gasteiger partial charge is 0.335 e. The third-order valence-electron chi connectivity index (χ3n) is 6.70. The molecule has 0 radical (unpaired) electrons. The van der Waals surface area contributed by atoms with E-state index in [2.05, 4.69) is 41.0 Å². The van der Waals surface area contributed by atoms with E-state index in [-0.39, 0.29) is 17.9 Å². The number of carbonyl (C=O) groups excluding carboxylic acids is 2. The van der Waals surface area contributed by atoms with Crippen LogP contribution in [0, 0.1) is 0 Å². The number of anilines is 1. The highest BCUT2D eigenvalue weighted by Gasteiger charge is 2.41. The summed E-state index contributed by atoms with van der Waals surface area (Å²) in [7, 11) is 0. The number of quaternary nitrogens is 1. The minimum atomic E-state index is -0.175. The van der Waals surface area contributed by atoms with Crippen molar-refractivity contribution in [3.05, 3.63) is 65.7 Å². The van der Waals surface area contributed by atoms with Gasteiger partial charge in [-0.15, -0.1) is 0 Å². The van der Waals surface area contributed by atoms with Gasteiger partial charge in [-0.25, -0.2) is 4.79 Å². The maximum Gasteiger partial charge on any atom is 0.319 e. The molecule has 0 spiro atoms. The van der Waals surface area contributed by atoms with Crippen LogP contribution in [0.5, 0.6) is 0 Å². The van der Waals surface area contributed by atoms with Crippen LogP contribution < -0.4 is 15.5 Å². The predicted octanol–water partition coefficient (Wildman–Crippen LogP) is 3.22. The summed E-state index contributed by atoms with van der Waals surface area (Å²) in [6, 6.07) is 19.2. The molecular formula is C25H32N3O2+. The molecule has 0 aliphatic carbocycles. The molecule has 30 heavy (non-hydrogen) atoms. The molecule has 2 aromatic carbocycles. The van der Waals surface area contributed by atoms with E-state index in [1.54, 1.807) is 23.1 Å². The highest BCUT2D eigenvalue weighted by Crippen LogP contribution is 2.22. The van der Waals surface area contributed by atoms with E-state index in [9.17, 15) is 9.59 Å². The summed E-state index contributed by atoms with van der Waals surface area (Å²) < 4.78 is 0. The Kier molecular flexibility index (Phi) is 6.48. The zero-order valence-electron chi connectivity index (χ0n) is 17.7. The van der Waals surface area contributed by atoms with Crippen molar-refractivity contribution >= 4 is 17.5 Å². The Morgan fingerprint density at radius 3 is 2.43 bits per heavy atom. The van der Waals surface area contributed by atoms with Crippen LogP contribution in [0.25, 0.3) is 0 Å². The fourth-order valence-electron chi connectivity index (χ4n) is 5.26. The molecule has 3 N–H and O–H groups in total. The maximum atomic E-state index is 12.6. The van der Waals surface area contributed by atoms with Crippen molar-refractivity contribution in [1.29, 1.82) is 0 Å². The lowest BCUT2D eigenvalue weighted by Crippen LogP contribution is -3.21. The smallest absolute Gasteiger partial charge is 0.319 e. The third-order valence-corrected chi connectivity index (χ3v) is 6.70. The predicted molar refractivity (Wildman–Crippen MR) is 119 cm³/mol. The molecule has 5 heteroatoms. The summed E-state index contributed by atoms with van der Waals surface area (Å²) in [5.74, 6) is -0.00210. The molecule has 2 fully saturated rings. The average molecular weight is 407 g/mol. The first-order valence-electron chi connectivity index (χ1n) is 11.2. The number of rotatable bonds is 6. The minimum absolute atomic E-state index is 0.00210. The van der Waals surface area contributed by atoms with E-state index in [1.807, 2.05) is 6.07 Å². The van der Waals surface area contributed by atoms with E-state index in [1.165, 1.54) is 38.3 Å². The van der Waals surface area contributed by atoms with E-state index >= 15 is 0 Å². The number of ketones is 1. The molecule has 4 rings (SSSR count). The molecule has 2 amide bonds. The second-order valence-electron chi connectivity index (χ2n) is 8.79. The fraction of sp³-hybridized carbons (Fsp3) is 0.440. The SMILES string of the molecule is CC(=O)c1cccc(NC(=O)NC2C[C@H]3CCC[C@@H](C2)[NH+]3CCc2ccccc2)c1. The second kappa shape index (κ2) is 9.43. The van der Waals surface area contributed by atoms with Crippen LogP contribution in [-0.4, -0.2) is 36.5 Å². The topological polar surface area (TPSA) is 62.6 Å². The van der Waals surface area contributed by atoms with Crippen molar-refractivity contribution < 1.29 is 14.5 Å². The van der Waals surface area contributed by atoms with Crippen LogP contribution >= 0.6 is 0 Å².